The van der Waals surface area contributed by atoms with E-state index in [0.29, 0.717) is 43.4 Å². The minimum atomic E-state index is -0.430. The summed E-state index contributed by atoms with van der Waals surface area (Å²) in [6.45, 7) is 9.18. The third-order valence-electron chi connectivity index (χ3n) is 4.15. The highest BCUT2D eigenvalue weighted by atomic mass is 16.5. The van der Waals surface area contributed by atoms with E-state index in [1.807, 2.05) is 33.8 Å². The summed E-state index contributed by atoms with van der Waals surface area (Å²) < 4.78 is 11.1. The summed E-state index contributed by atoms with van der Waals surface area (Å²) in [5.41, 5.74) is 0.571. The topological polar surface area (TPSA) is 67.9 Å². The Hall–Kier alpha value is -2.24. The molecule has 6 nitrogen and oxygen atoms in total. The van der Waals surface area contributed by atoms with E-state index in [0.717, 1.165) is 6.42 Å². The molecular formula is C19H28N2O4. The van der Waals surface area contributed by atoms with Crippen molar-refractivity contribution in [2.45, 2.75) is 46.6 Å². The highest BCUT2D eigenvalue weighted by Gasteiger charge is 2.35. The molecular weight excluding hydrogens is 320 g/mol. The zero-order chi connectivity index (χ0) is 18.4. The van der Waals surface area contributed by atoms with Gasteiger partial charge in [0.1, 0.15) is 17.5 Å². The average Bonchev–Trinajstić information content (AvgIpc) is 3.06. The third-order valence-corrected chi connectivity index (χ3v) is 4.15. The lowest BCUT2D eigenvalue weighted by Gasteiger charge is -2.26. The summed E-state index contributed by atoms with van der Waals surface area (Å²) in [4.78, 5) is 26.8. The quantitative estimate of drug-likeness (QED) is 0.822. The molecule has 0 spiro atoms. The number of carbonyl (C=O) groups excluding carboxylic acids is 2. The Kier molecular flexibility index (Phi) is 6.67. The van der Waals surface area contributed by atoms with E-state index in [2.05, 4.69) is 5.32 Å². The number of rotatable bonds is 7. The van der Waals surface area contributed by atoms with Gasteiger partial charge in [-0.15, -0.1) is 0 Å². The summed E-state index contributed by atoms with van der Waals surface area (Å²) in [5, 5.41) is 2.92. The number of hydrogen-bond donors (Lipinski definition) is 1. The van der Waals surface area contributed by atoms with E-state index in [-0.39, 0.29) is 17.7 Å². The number of carbonyl (C=O) groups is 2. The number of benzene rings is 1. The van der Waals surface area contributed by atoms with Crippen LogP contribution in [0.15, 0.2) is 18.2 Å². The normalized spacial score (nSPS) is 16.8. The van der Waals surface area contributed by atoms with Crippen LogP contribution in [0.2, 0.25) is 0 Å². The number of nitrogens with zero attached hydrogens (tertiary/aromatic N) is 1. The van der Waals surface area contributed by atoms with Crippen LogP contribution in [0.4, 0.5) is 5.69 Å². The lowest BCUT2D eigenvalue weighted by Crippen LogP contribution is -2.44. The second-order valence-corrected chi connectivity index (χ2v) is 6.36. The molecule has 0 unspecified atom stereocenters. The first-order chi connectivity index (χ1) is 12.0. The zero-order valence-electron chi connectivity index (χ0n) is 15.5. The number of amides is 2. The van der Waals surface area contributed by atoms with Gasteiger partial charge < -0.3 is 19.7 Å². The Morgan fingerprint density at radius 1 is 1.24 bits per heavy atom. The Bertz CT molecular complexity index is 615. The maximum Gasteiger partial charge on any atom is 0.247 e. The van der Waals surface area contributed by atoms with Crippen molar-refractivity contribution in [3.63, 3.8) is 0 Å². The van der Waals surface area contributed by atoms with Crippen LogP contribution in [0.25, 0.3) is 0 Å². The Morgan fingerprint density at radius 2 is 1.96 bits per heavy atom. The number of likely N-dealkylation sites (tertiary alicyclic amines) is 1. The van der Waals surface area contributed by atoms with Gasteiger partial charge in [0.25, 0.3) is 0 Å². The van der Waals surface area contributed by atoms with Crippen LogP contribution in [0.3, 0.4) is 0 Å². The Morgan fingerprint density at radius 3 is 2.60 bits per heavy atom. The molecule has 2 rings (SSSR count). The summed E-state index contributed by atoms with van der Waals surface area (Å²) in [5.74, 6) is 0.988. The summed E-state index contributed by atoms with van der Waals surface area (Å²) in [6.07, 6.45) is 1.52. The van der Waals surface area contributed by atoms with Gasteiger partial charge >= 0.3 is 0 Å². The van der Waals surface area contributed by atoms with Crippen molar-refractivity contribution in [2.24, 2.45) is 5.92 Å². The molecule has 1 heterocycles. The van der Waals surface area contributed by atoms with Gasteiger partial charge in [-0.25, -0.2) is 0 Å². The first-order valence-electron chi connectivity index (χ1n) is 8.98. The van der Waals surface area contributed by atoms with E-state index in [9.17, 15) is 9.59 Å². The fourth-order valence-electron chi connectivity index (χ4n) is 3.00. The van der Waals surface area contributed by atoms with E-state index in [1.165, 1.54) is 0 Å². The smallest absolute Gasteiger partial charge is 0.247 e. The SMILES string of the molecule is CCOc1ccc(OCC)c(NC(=O)[C@H]2CCCN2C(=O)C(C)C)c1. The molecule has 1 aliphatic heterocycles. The number of ether oxygens (including phenoxy) is 2. The van der Waals surface area contributed by atoms with Gasteiger partial charge in [0.05, 0.1) is 18.9 Å². The molecule has 0 saturated carbocycles. The van der Waals surface area contributed by atoms with Crippen molar-refractivity contribution in [1.82, 2.24) is 4.90 Å². The lowest BCUT2D eigenvalue weighted by atomic mass is 10.1. The van der Waals surface area contributed by atoms with Gasteiger partial charge in [-0.05, 0) is 38.8 Å². The van der Waals surface area contributed by atoms with Gasteiger partial charge in [0, 0.05) is 18.5 Å². The van der Waals surface area contributed by atoms with Gasteiger partial charge in [0.15, 0.2) is 0 Å². The zero-order valence-corrected chi connectivity index (χ0v) is 15.5. The average molecular weight is 348 g/mol. The maximum atomic E-state index is 12.8. The van der Waals surface area contributed by atoms with Crippen molar-refractivity contribution in [2.75, 3.05) is 25.1 Å². The van der Waals surface area contributed by atoms with Gasteiger partial charge in [-0.1, -0.05) is 13.8 Å². The van der Waals surface area contributed by atoms with Gasteiger partial charge in [-0.2, -0.15) is 0 Å². The molecule has 0 aliphatic carbocycles. The molecule has 0 bridgehead atoms. The lowest BCUT2D eigenvalue weighted by molar-refractivity contribution is -0.139. The minimum Gasteiger partial charge on any atom is -0.494 e. The van der Waals surface area contributed by atoms with Gasteiger partial charge in [-0.3, -0.25) is 9.59 Å². The van der Waals surface area contributed by atoms with Crippen LogP contribution >= 0.6 is 0 Å². The highest BCUT2D eigenvalue weighted by molar-refractivity contribution is 5.98. The van der Waals surface area contributed by atoms with E-state index in [4.69, 9.17) is 9.47 Å². The third kappa shape index (κ3) is 4.65. The number of hydrogen-bond acceptors (Lipinski definition) is 4. The van der Waals surface area contributed by atoms with Crippen LogP contribution in [0, 0.1) is 5.92 Å². The predicted molar refractivity (Wildman–Crippen MR) is 97.0 cm³/mol. The van der Waals surface area contributed by atoms with E-state index >= 15 is 0 Å². The molecule has 6 heteroatoms. The fraction of sp³-hybridized carbons (Fsp3) is 0.579. The van der Waals surface area contributed by atoms with E-state index < -0.39 is 6.04 Å². The molecule has 1 saturated heterocycles. The maximum absolute atomic E-state index is 12.8. The van der Waals surface area contributed by atoms with Gasteiger partial charge in [0.2, 0.25) is 11.8 Å². The molecule has 1 aromatic carbocycles. The number of nitrogens with one attached hydrogen (secondary N) is 1. The molecule has 0 aromatic heterocycles. The fourth-order valence-corrected chi connectivity index (χ4v) is 3.00. The number of anilines is 1. The van der Waals surface area contributed by atoms with Crippen LogP contribution in [-0.4, -0.2) is 42.5 Å². The summed E-state index contributed by atoms with van der Waals surface area (Å²) >= 11 is 0. The molecule has 25 heavy (non-hydrogen) atoms. The Balaban J connectivity index is 2.18. The molecule has 1 aliphatic rings. The standard InChI is InChI=1S/C19H28N2O4/c1-5-24-14-9-10-17(25-6-2)15(12-14)20-18(22)16-8-7-11-21(16)19(23)13(3)4/h9-10,12-13,16H,5-8,11H2,1-4H3,(H,20,22)/t16-/m1/s1. The minimum absolute atomic E-state index is 0.0192. The molecule has 1 aromatic rings. The van der Waals surface area contributed by atoms with Crippen molar-refractivity contribution >= 4 is 17.5 Å². The van der Waals surface area contributed by atoms with Crippen molar-refractivity contribution in [3.8, 4) is 11.5 Å². The largest absolute Gasteiger partial charge is 0.494 e. The predicted octanol–water partition coefficient (Wildman–Crippen LogP) is 3.07. The summed E-state index contributed by atoms with van der Waals surface area (Å²) in [6, 6.07) is 4.93. The van der Waals surface area contributed by atoms with E-state index in [1.54, 1.807) is 17.0 Å². The van der Waals surface area contributed by atoms with Crippen LogP contribution in [0.1, 0.15) is 40.5 Å². The highest BCUT2D eigenvalue weighted by Crippen LogP contribution is 2.30. The van der Waals surface area contributed by atoms with Crippen molar-refractivity contribution < 1.29 is 19.1 Å². The summed E-state index contributed by atoms with van der Waals surface area (Å²) in [7, 11) is 0. The second kappa shape index (κ2) is 8.74. The molecule has 138 valence electrons. The second-order valence-electron chi connectivity index (χ2n) is 6.36. The van der Waals surface area contributed by atoms with Crippen LogP contribution in [0.5, 0.6) is 11.5 Å². The molecule has 0 radical (unpaired) electrons. The first kappa shape index (κ1) is 19.1. The first-order valence-corrected chi connectivity index (χ1v) is 8.98. The molecule has 2 amide bonds. The van der Waals surface area contributed by atoms with Crippen LogP contribution in [-0.2, 0) is 9.59 Å². The van der Waals surface area contributed by atoms with Crippen molar-refractivity contribution in [1.29, 1.82) is 0 Å². The molecule has 1 N–H and O–H groups in total. The molecule has 1 atom stereocenters. The monoisotopic (exact) mass is 348 g/mol. The van der Waals surface area contributed by atoms with Crippen LogP contribution < -0.4 is 14.8 Å². The Labute approximate surface area is 149 Å². The van der Waals surface area contributed by atoms with Crippen molar-refractivity contribution in [3.05, 3.63) is 18.2 Å². The molecule has 1 fully saturated rings.